The first kappa shape index (κ1) is 21.1. The molecule has 2 aliphatic heterocycles. The second kappa shape index (κ2) is 9.39. The van der Waals surface area contributed by atoms with Gasteiger partial charge < -0.3 is 4.90 Å². The maximum atomic E-state index is 13.5. The molecule has 3 aliphatic rings. The normalized spacial score (nSPS) is 25.6. The molecule has 5 nitrogen and oxygen atoms in total. The van der Waals surface area contributed by atoms with Gasteiger partial charge >= 0.3 is 0 Å². The Balaban J connectivity index is 1.45. The maximum absolute atomic E-state index is 13.5. The van der Waals surface area contributed by atoms with Gasteiger partial charge in [0, 0.05) is 32.1 Å². The monoisotopic (exact) mass is 428 g/mol. The van der Waals surface area contributed by atoms with Crippen molar-refractivity contribution < 1.29 is 4.79 Å². The van der Waals surface area contributed by atoms with Crippen molar-refractivity contribution in [3.05, 3.63) is 77.4 Å². The molecule has 0 spiro atoms. The average Bonchev–Trinajstić information content (AvgIpc) is 3.23. The fourth-order valence-electron chi connectivity index (χ4n) is 5.21. The number of hydrazone groups is 1. The van der Waals surface area contributed by atoms with Crippen molar-refractivity contribution in [2.75, 3.05) is 39.8 Å². The fourth-order valence-corrected chi connectivity index (χ4v) is 5.21. The van der Waals surface area contributed by atoms with Gasteiger partial charge in [-0.2, -0.15) is 5.10 Å². The summed E-state index contributed by atoms with van der Waals surface area (Å²) in [5, 5.41) is 6.84. The first-order valence-electron chi connectivity index (χ1n) is 11.8. The maximum Gasteiger partial charge on any atom is 0.257 e. The van der Waals surface area contributed by atoms with Gasteiger partial charge in [0.2, 0.25) is 0 Å². The van der Waals surface area contributed by atoms with Crippen molar-refractivity contribution in [3.63, 3.8) is 0 Å². The molecule has 2 aromatic carbocycles. The van der Waals surface area contributed by atoms with Gasteiger partial charge in [-0.3, -0.25) is 9.69 Å². The van der Waals surface area contributed by atoms with Gasteiger partial charge in [-0.25, -0.2) is 5.01 Å². The number of piperazine rings is 1. The minimum Gasteiger partial charge on any atom is -0.304 e. The van der Waals surface area contributed by atoms with E-state index in [-0.39, 0.29) is 17.9 Å². The predicted octanol–water partition coefficient (Wildman–Crippen LogP) is 4.06. The molecule has 1 aliphatic carbocycles. The molecule has 2 fully saturated rings. The number of nitrogens with zero attached hydrogens (tertiary/aromatic N) is 4. The lowest BCUT2D eigenvalue weighted by molar-refractivity contribution is -0.135. The second-order valence-electron chi connectivity index (χ2n) is 9.24. The van der Waals surface area contributed by atoms with E-state index in [4.69, 9.17) is 5.10 Å². The van der Waals surface area contributed by atoms with Crippen LogP contribution in [0, 0.1) is 5.92 Å². The molecule has 5 rings (SSSR count). The molecular weight excluding hydrogens is 396 g/mol. The van der Waals surface area contributed by atoms with Crippen LogP contribution < -0.4 is 0 Å². The van der Waals surface area contributed by atoms with Crippen LogP contribution in [0.4, 0.5) is 0 Å². The van der Waals surface area contributed by atoms with E-state index in [1.807, 2.05) is 17.1 Å². The van der Waals surface area contributed by atoms with E-state index in [1.54, 1.807) is 0 Å². The third-order valence-corrected chi connectivity index (χ3v) is 6.99. The molecule has 1 saturated carbocycles. The molecule has 1 amide bonds. The lowest BCUT2D eigenvalue weighted by Crippen LogP contribution is -2.48. The summed E-state index contributed by atoms with van der Waals surface area (Å²) in [6, 6.07) is 20.9. The van der Waals surface area contributed by atoms with E-state index in [0.29, 0.717) is 6.54 Å². The Labute approximate surface area is 191 Å². The number of amides is 1. The highest BCUT2D eigenvalue weighted by Gasteiger charge is 2.43. The summed E-state index contributed by atoms with van der Waals surface area (Å²) < 4.78 is 0. The van der Waals surface area contributed by atoms with Crippen LogP contribution in [0.3, 0.4) is 0 Å². The number of likely N-dealkylation sites (N-methyl/N-ethyl adjacent to an activating group) is 1. The van der Waals surface area contributed by atoms with Crippen LogP contribution in [0.25, 0.3) is 6.08 Å². The van der Waals surface area contributed by atoms with Crippen molar-refractivity contribution in [1.82, 2.24) is 14.8 Å². The lowest BCUT2D eigenvalue weighted by Gasteiger charge is -2.34. The number of fused-ring (bicyclic) bond motifs is 1. The zero-order chi connectivity index (χ0) is 21.9. The number of allylic oxidation sites excluding steroid dienone is 1. The summed E-state index contributed by atoms with van der Waals surface area (Å²) in [6.07, 6.45) is 5.49. The first-order valence-corrected chi connectivity index (χ1v) is 11.8. The summed E-state index contributed by atoms with van der Waals surface area (Å²) in [5.41, 5.74) is 4.78. The standard InChI is InChI=1S/C27H32N4O/c1-29-15-17-30(18-16-29)20-25(32)31-27(22-11-6-3-7-12-22)24-14-8-13-23(26(24)28-31)19-21-9-4-2-5-10-21/h2-7,9-12,19,24,27H,8,13-18,20H2,1H3/b23-19-. The van der Waals surface area contributed by atoms with Crippen LogP contribution in [0.1, 0.15) is 36.4 Å². The number of carbonyl (C=O) groups is 1. The molecule has 2 unspecified atom stereocenters. The summed E-state index contributed by atoms with van der Waals surface area (Å²) in [7, 11) is 2.14. The molecule has 0 N–H and O–H groups in total. The second-order valence-corrected chi connectivity index (χ2v) is 9.24. The van der Waals surface area contributed by atoms with Gasteiger partial charge in [0.1, 0.15) is 0 Å². The van der Waals surface area contributed by atoms with Gasteiger partial charge in [0.25, 0.3) is 5.91 Å². The zero-order valence-corrected chi connectivity index (χ0v) is 18.9. The van der Waals surface area contributed by atoms with Crippen LogP contribution in [-0.4, -0.2) is 66.2 Å². The summed E-state index contributed by atoms with van der Waals surface area (Å²) in [4.78, 5) is 18.1. The van der Waals surface area contributed by atoms with Crippen molar-refractivity contribution >= 4 is 17.7 Å². The quantitative estimate of drug-likeness (QED) is 0.737. The molecule has 0 aromatic heterocycles. The SMILES string of the molecule is CN1CCN(CC(=O)N2N=C3/C(=C\c4ccccc4)CCCC3C2c2ccccc2)CC1. The number of hydrogen-bond donors (Lipinski definition) is 0. The highest BCUT2D eigenvalue weighted by Crippen LogP contribution is 2.44. The number of hydrogen-bond acceptors (Lipinski definition) is 4. The van der Waals surface area contributed by atoms with Crippen LogP contribution in [0.5, 0.6) is 0 Å². The largest absolute Gasteiger partial charge is 0.304 e. The van der Waals surface area contributed by atoms with Crippen molar-refractivity contribution in [3.8, 4) is 0 Å². The highest BCUT2D eigenvalue weighted by atomic mass is 16.2. The van der Waals surface area contributed by atoms with Crippen LogP contribution in [0.2, 0.25) is 0 Å². The van der Waals surface area contributed by atoms with Gasteiger partial charge in [-0.1, -0.05) is 60.7 Å². The molecule has 5 heteroatoms. The van der Waals surface area contributed by atoms with Crippen LogP contribution >= 0.6 is 0 Å². The Morgan fingerprint density at radius 1 is 1.00 bits per heavy atom. The Kier molecular flexibility index (Phi) is 6.19. The van der Waals surface area contributed by atoms with Crippen LogP contribution in [-0.2, 0) is 4.79 Å². The fraction of sp³-hybridized carbons (Fsp3) is 0.407. The van der Waals surface area contributed by atoms with Gasteiger partial charge in [0.05, 0.1) is 18.3 Å². The predicted molar refractivity (Wildman–Crippen MR) is 129 cm³/mol. The van der Waals surface area contributed by atoms with Gasteiger partial charge in [-0.05, 0) is 49.1 Å². The van der Waals surface area contributed by atoms with Crippen LogP contribution in [0.15, 0.2) is 71.3 Å². The van der Waals surface area contributed by atoms with Gasteiger partial charge in [-0.15, -0.1) is 0 Å². The lowest BCUT2D eigenvalue weighted by atomic mass is 9.77. The Morgan fingerprint density at radius 2 is 1.69 bits per heavy atom. The van der Waals surface area contributed by atoms with E-state index >= 15 is 0 Å². The van der Waals surface area contributed by atoms with Gasteiger partial charge in [0.15, 0.2) is 0 Å². The Morgan fingerprint density at radius 3 is 2.41 bits per heavy atom. The van der Waals surface area contributed by atoms with E-state index < -0.39 is 0 Å². The topological polar surface area (TPSA) is 39.1 Å². The number of carbonyl (C=O) groups excluding carboxylic acids is 1. The molecule has 0 bridgehead atoms. The zero-order valence-electron chi connectivity index (χ0n) is 18.9. The summed E-state index contributed by atoms with van der Waals surface area (Å²) >= 11 is 0. The molecule has 0 radical (unpaired) electrons. The molecule has 2 aromatic rings. The molecule has 32 heavy (non-hydrogen) atoms. The van der Waals surface area contributed by atoms with E-state index in [9.17, 15) is 4.79 Å². The summed E-state index contributed by atoms with van der Waals surface area (Å²) in [6.45, 7) is 4.34. The first-order chi connectivity index (χ1) is 15.7. The van der Waals surface area contributed by atoms with E-state index in [0.717, 1.165) is 51.2 Å². The third-order valence-electron chi connectivity index (χ3n) is 6.99. The average molecular weight is 429 g/mol. The molecular formula is C27H32N4O. The molecule has 2 atom stereocenters. The smallest absolute Gasteiger partial charge is 0.257 e. The van der Waals surface area contributed by atoms with Crippen molar-refractivity contribution in [2.45, 2.75) is 25.3 Å². The third kappa shape index (κ3) is 4.41. The minimum absolute atomic E-state index is 0.00867. The Bertz CT molecular complexity index is 993. The number of benzene rings is 2. The Hall–Kier alpha value is -2.76. The number of rotatable bonds is 4. The molecule has 1 saturated heterocycles. The van der Waals surface area contributed by atoms with E-state index in [1.165, 1.54) is 16.7 Å². The molecule has 2 heterocycles. The van der Waals surface area contributed by atoms with Crippen molar-refractivity contribution in [2.24, 2.45) is 11.0 Å². The minimum atomic E-state index is -0.00867. The highest BCUT2D eigenvalue weighted by molar-refractivity contribution is 6.08. The molecule has 166 valence electrons. The van der Waals surface area contributed by atoms with Crippen molar-refractivity contribution in [1.29, 1.82) is 0 Å². The van der Waals surface area contributed by atoms with E-state index in [2.05, 4.69) is 71.5 Å². The summed E-state index contributed by atoms with van der Waals surface area (Å²) in [5.74, 6) is 0.377.